The van der Waals surface area contributed by atoms with Crippen LogP contribution in [0.25, 0.3) is 0 Å². The van der Waals surface area contributed by atoms with Crippen molar-refractivity contribution in [2.45, 2.75) is 36.8 Å². The molecule has 0 amide bonds. The summed E-state index contributed by atoms with van der Waals surface area (Å²) in [5.74, 6) is -1.17. The van der Waals surface area contributed by atoms with E-state index in [-0.39, 0.29) is 16.7 Å². The van der Waals surface area contributed by atoms with Gasteiger partial charge in [-0.1, -0.05) is 0 Å². The SMILES string of the molecule is CC1OCCC1(C)NS(=O)(=O)c1cc(C(=O)O)n(C)c1. The molecule has 0 bridgehead atoms. The number of nitrogens with one attached hydrogen (secondary N) is 1. The van der Waals surface area contributed by atoms with E-state index in [0.717, 1.165) is 6.07 Å². The molecule has 1 saturated heterocycles. The molecule has 2 N–H and O–H groups in total. The second-order valence-electron chi connectivity index (χ2n) is 5.26. The Labute approximate surface area is 117 Å². The van der Waals surface area contributed by atoms with Gasteiger partial charge in [-0.15, -0.1) is 0 Å². The van der Waals surface area contributed by atoms with Crippen LogP contribution in [-0.4, -0.2) is 42.3 Å². The Morgan fingerprint density at radius 3 is 2.70 bits per heavy atom. The topological polar surface area (TPSA) is 97.6 Å². The molecule has 2 atom stereocenters. The maximum absolute atomic E-state index is 12.4. The zero-order valence-corrected chi connectivity index (χ0v) is 12.4. The number of hydrogen-bond donors (Lipinski definition) is 2. The summed E-state index contributed by atoms with van der Waals surface area (Å²) in [6, 6.07) is 1.15. The largest absolute Gasteiger partial charge is 0.477 e. The summed E-state index contributed by atoms with van der Waals surface area (Å²) in [6.45, 7) is 4.09. The van der Waals surface area contributed by atoms with E-state index < -0.39 is 21.5 Å². The molecule has 0 radical (unpaired) electrons. The fourth-order valence-corrected chi connectivity index (χ4v) is 3.79. The highest BCUT2D eigenvalue weighted by Crippen LogP contribution is 2.27. The van der Waals surface area contributed by atoms with Crippen LogP contribution in [0.5, 0.6) is 0 Å². The van der Waals surface area contributed by atoms with E-state index in [1.807, 2.05) is 6.92 Å². The zero-order chi connectivity index (χ0) is 15.1. The highest BCUT2D eigenvalue weighted by Gasteiger charge is 2.41. The van der Waals surface area contributed by atoms with E-state index in [1.54, 1.807) is 6.92 Å². The number of aromatic carboxylic acids is 1. The molecule has 2 heterocycles. The predicted octanol–water partition coefficient (Wildman–Crippen LogP) is 0.569. The van der Waals surface area contributed by atoms with Crippen LogP contribution in [0.15, 0.2) is 17.2 Å². The molecule has 1 aliphatic rings. The average Bonchev–Trinajstić information content (AvgIpc) is 2.84. The molecule has 7 nitrogen and oxygen atoms in total. The van der Waals surface area contributed by atoms with Gasteiger partial charge in [-0.25, -0.2) is 17.9 Å². The van der Waals surface area contributed by atoms with Crippen LogP contribution in [0.2, 0.25) is 0 Å². The lowest BCUT2D eigenvalue weighted by molar-refractivity contribution is 0.0686. The average molecular weight is 302 g/mol. The minimum absolute atomic E-state index is 0.0577. The molecule has 20 heavy (non-hydrogen) atoms. The van der Waals surface area contributed by atoms with Crippen LogP contribution >= 0.6 is 0 Å². The normalized spacial score (nSPS) is 26.9. The first-order chi connectivity index (χ1) is 9.16. The van der Waals surface area contributed by atoms with Gasteiger partial charge in [0.15, 0.2) is 0 Å². The third-order valence-electron chi connectivity index (χ3n) is 3.76. The lowest BCUT2D eigenvalue weighted by atomic mass is 9.97. The molecule has 2 unspecified atom stereocenters. The van der Waals surface area contributed by atoms with E-state index in [4.69, 9.17) is 9.84 Å². The van der Waals surface area contributed by atoms with Gasteiger partial charge in [0.05, 0.1) is 11.6 Å². The van der Waals surface area contributed by atoms with Gasteiger partial charge < -0.3 is 14.4 Å². The molecule has 1 fully saturated rings. The van der Waals surface area contributed by atoms with Gasteiger partial charge in [0, 0.05) is 19.9 Å². The number of ether oxygens (including phenoxy) is 1. The van der Waals surface area contributed by atoms with Crippen molar-refractivity contribution in [3.05, 3.63) is 18.0 Å². The summed E-state index contributed by atoms with van der Waals surface area (Å²) in [7, 11) is -2.29. The van der Waals surface area contributed by atoms with Crippen LogP contribution in [0.3, 0.4) is 0 Å². The van der Waals surface area contributed by atoms with Gasteiger partial charge in [0.25, 0.3) is 0 Å². The summed E-state index contributed by atoms with van der Waals surface area (Å²) in [5, 5.41) is 8.97. The van der Waals surface area contributed by atoms with Crippen molar-refractivity contribution in [2.75, 3.05) is 6.61 Å². The van der Waals surface area contributed by atoms with Crippen molar-refractivity contribution < 1.29 is 23.1 Å². The lowest BCUT2D eigenvalue weighted by Gasteiger charge is -2.28. The van der Waals surface area contributed by atoms with Crippen molar-refractivity contribution in [2.24, 2.45) is 7.05 Å². The minimum atomic E-state index is -3.78. The summed E-state index contributed by atoms with van der Waals surface area (Å²) in [4.78, 5) is 10.9. The third kappa shape index (κ3) is 2.58. The van der Waals surface area contributed by atoms with Crippen molar-refractivity contribution in [3.63, 3.8) is 0 Å². The molecule has 1 aliphatic heterocycles. The molecule has 2 rings (SSSR count). The standard InChI is InChI=1S/C12H18N2O5S/c1-8-12(2,4-5-19-8)13-20(17,18)9-6-10(11(15)16)14(3)7-9/h6-8,13H,4-5H2,1-3H3,(H,15,16). The van der Waals surface area contributed by atoms with Crippen LogP contribution in [-0.2, 0) is 21.8 Å². The molecular weight excluding hydrogens is 284 g/mol. The first-order valence-corrected chi connectivity index (χ1v) is 7.69. The quantitative estimate of drug-likeness (QED) is 0.847. The molecule has 1 aromatic heterocycles. The van der Waals surface area contributed by atoms with Gasteiger partial charge in [-0.3, -0.25) is 0 Å². The molecule has 0 spiro atoms. The smallest absolute Gasteiger partial charge is 0.352 e. The zero-order valence-electron chi connectivity index (χ0n) is 11.6. The van der Waals surface area contributed by atoms with Crippen molar-refractivity contribution >= 4 is 16.0 Å². The summed E-state index contributed by atoms with van der Waals surface area (Å²) >= 11 is 0. The Morgan fingerprint density at radius 2 is 2.25 bits per heavy atom. The van der Waals surface area contributed by atoms with Gasteiger partial charge in [-0.2, -0.15) is 0 Å². The fraction of sp³-hybridized carbons (Fsp3) is 0.583. The monoisotopic (exact) mass is 302 g/mol. The Hall–Kier alpha value is -1.38. The number of hydrogen-bond acceptors (Lipinski definition) is 4. The number of carboxylic acid groups (broad SMARTS) is 1. The lowest BCUT2D eigenvalue weighted by Crippen LogP contribution is -2.50. The van der Waals surface area contributed by atoms with E-state index in [9.17, 15) is 13.2 Å². The van der Waals surface area contributed by atoms with Crippen molar-refractivity contribution in [1.29, 1.82) is 0 Å². The number of carboxylic acids is 1. The molecule has 1 aromatic rings. The highest BCUT2D eigenvalue weighted by molar-refractivity contribution is 7.89. The minimum Gasteiger partial charge on any atom is -0.477 e. The van der Waals surface area contributed by atoms with Crippen molar-refractivity contribution in [3.8, 4) is 0 Å². The second-order valence-corrected chi connectivity index (χ2v) is 6.95. The number of nitrogens with zero attached hydrogens (tertiary/aromatic N) is 1. The first-order valence-electron chi connectivity index (χ1n) is 6.21. The number of aryl methyl sites for hydroxylation is 1. The molecule has 8 heteroatoms. The second kappa shape index (κ2) is 4.87. The van der Waals surface area contributed by atoms with Crippen LogP contribution in [0.4, 0.5) is 0 Å². The van der Waals surface area contributed by atoms with E-state index in [1.165, 1.54) is 17.8 Å². The molecule has 0 aliphatic carbocycles. The van der Waals surface area contributed by atoms with Gasteiger partial charge in [0.1, 0.15) is 10.6 Å². The Bertz CT molecular complexity index is 636. The summed E-state index contributed by atoms with van der Waals surface area (Å²) in [5.41, 5.74) is -0.760. The van der Waals surface area contributed by atoms with E-state index >= 15 is 0 Å². The van der Waals surface area contributed by atoms with E-state index in [0.29, 0.717) is 13.0 Å². The third-order valence-corrected chi connectivity index (χ3v) is 5.34. The van der Waals surface area contributed by atoms with E-state index in [2.05, 4.69) is 4.72 Å². The first kappa shape index (κ1) is 15.0. The van der Waals surface area contributed by atoms with Crippen LogP contribution < -0.4 is 4.72 Å². The summed E-state index contributed by atoms with van der Waals surface area (Å²) < 4.78 is 34.0. The molecule has 0 saturated carbocycles. The van der Waals surface area contributed by atoms with Gasteiger partial charge in [0.2, 0.25) is 10.0 Å². The number of aromatic nitrogens is 1. The summed E-state index contributed by atoms with van der Waals surface area (Å²) in [6.07, 6.45) is 1.63. The Kier molecular flexibility index (Phi) is 3.66. The predicted molar refractivity (Wildman–Crippen MR) is 71.1 cm³/mol. The van der Waals surface area contributed by atoms with Crippen LogP contribution in [0.1, 0.15) is 30.8 Å². The highest BCUT2D eigenvalue weighted by atomic mass is 32.2. The van der Waals surface area contributed by atoms with Gasteiger partial charge >= 0.3 is 5.97 Å². The maximum atomic E-state index is 12.4. The number of carbonyl (C=O) groups is 1. The number of rotatable bonds is 4. The number of sulfonamides is 1. The molecule has 112 valence electrons. The maximum Gasteiger partial charge on any atom is 0.352 e. The fourth-order valence-electron chi connectivity index (χ4n) is 2.23. The Balaban J connectivity index is 2.31. The molecular formula is C12H18N2O5S. The van der Waals surface area contributed by atoms with Gasteiger partial charge in [-0.05, 0) is 26.3 Å². The van der Waals surface area contributed by atoms with Crippen LogP contribution in [0, 0.1) is 0 Å². The Morgan fingerprint density at radius 1 is 1.60 bits per heavy atom. The molecule has 0 aromatic carbocycles. The van der Waals surface area contributed by atoms with Crippen molar-refractivity contribution in [1.82, 2.24) is 9.29 Å².